The summed E-state index contributed by atoms with van der Waals surface area (Å²) < 4.78 is 14.8. The first kappa shape index (κ1) is 17.1. The second-order valence-electron chi connectivity index (χ2n) is 6.22. The molecule has 0 aliphatic carbocycles. The van der Waals surface area contributed by atoms with Crippen molar-refractivity contribution in [1.29, 1.82) is 0 Å². The molecular weight excluding hydrogens is 343 g/mol. The van der Waals surface area contributed by atoms with Crippen molar-refractivity contribution in [1.82, 2.24) is 25.1 Å². The second kappa shape index (κ2) is 7.51. The van der Waals surface area contributed by atoms with Gasteiger partial charge in [0.15, 0.2) is 11.5 Å². The van der Waals surface area contributed by atoms with Crippen molar-refractivity contribution in [2.45, 2.75) is 13.1 Å². The molecular formula is C20H19FN6. The van der Waals surface area contributed by atoms with E-state index in [1.54, 1.807) is 16.6 Å². The Morgan fingerprint density at radius 1 is 0.852 bits per heavy atom. The van der Waals surface area contributed by atoms with Crippen molar-refractivity contribution in [2.75, 3.05) is 12.4 Å². The number of fused-ring (bicyclic) bond motifs is 1. The normalized spacial score (nSPS) is 11.0. The maximum Gasteiger partial charge on any atom is 0.185 e. The molecule has 0 saturated heterocycles. The minimum absolute atomic E-state index is 0.288. The molecule has 0 aliphatic heterocycles. The number of rotatable bonds is 6. The van der Waals surface area contributed by atoms with E-state index in [2.05, 4.69) is 50.2 Å². The maximum atomic E-state index is 13.2. The molecule has 2 aromatic heterocycles. The highest BCUT2D eigenvalue weighted by Gasteiger charge is 2.10. The van der Waals surface area contributed by atoms with Gasteiger partial charge in [-0.3, -0.25) is 0 Å². The predicted molar refractivity (Wildman–Crippen MR) is 103 cm³/mol. The van der Waals surface area contributed by atoms with Crippen LogP contribution in [0.15, 0.2) is 60.7 Å². The molecule has 6 nitrogen and oxygen atoms in total. The second-order valence-corrected chi connectivity index (χ2v) is 6.22. The lowest BCUT2D eigenvalue weighted by atomic mass is 10.1. The summed E-state index contributed by atoms with van der Waals surface area (Å²) in [4.78, 5) is 0. The number of nitrogens with zero attached hydrogens (tertiary/aromatic N) is 4. The lowest BCUT2D eigenvalue weighted by molar-refractivity contribution is 0.628. The van der Waals surface area contributed by atoms with Gasteiger partial charge in [-0.15, -0.1) is 15.3 Å². The van der Waals surface area contributed by atoms with E-state index in [4.69, 9.17) is 0 Å². The van der Waals surface area contributed by atoms with Crippen molar-refractivity contribution in [3.05, 3.63) is 77.6 Å². The highest BCUT2D eigenvalue weighted by atomic mass is 19.1. The molecule has 0 radical (unpaired) electrons. The van der Waals surface area contributed by atoms with E-state index in [0.717, 1.165) is 12.1 Å². The zero-order chi connectivity index (χ0) is 18.6. The number of nitrogens with one attached hydrogen (secondary N) is 2. The summed E-state index contributed by atoms with van der Waals surface area (Å²) in [6.07, 6.45) is 0. The van der Waals surface area contributed by atoms with E-state index in [0.29, 0.717) is 23.8 Å². The van der Waals surface area contributed by atoms with Crippen LogP contribution in [0.2, 0.25) is 0 Å². The fourth-order valence-corrected chi connectivity index (χ4v) is 2.83. The molecule has 4 aromatic rings. The van der Waals surface area contributed by atoms with Gasteiger partial charge in [0.2, 0.25) is 0 Å². The van der Waals surface area contributed by atoms with Crippen molar-refractivity contribution in [3.8, 4) is 11.4 Å². The van der Waals surface area contributed by atoms with E-state index >= 15 is 0 Å². The standard InChI is InChI=1S/C20H19FN6/c1-22-12-14-2-4-15(5-3-14)13-23-18-10-11-19-24-25-20(27(19)26-18)16-6-8-17(21)9-7-16/h2-11,22H,12-13H2,1H3,(H,23,26). The Morgan fingerprint density at radius 2 is 1.56 bits per heavy atom. The fraction of sp³-hybridized carbons (Fsp3) is 0.150. The smallest absolute Gasteiger partial charge is 0.185 e. The molecule has 0 bridgehead atoms. The Bertz CT molecular complexity index is 1040. The SMILES string of the molecule is CNCc1ccc(CNc2ccc3nnc(-c4ccc(F)cc4)n3n2)cc1. The summed E-state index contributed by atoms with van der Waals surface area (Å²) >= 11 is 0. The molecule has 0 unspecified atom stereocenters. The lowest BCUT2D eigenvalue weighted by Crippen LogP contribution is -2.06. The quantitative estimate of drug-likeness (QED) is 0.551. The van der Waals surface area contributed by atoms with Crippen LogP contribution >= 0.6 is 0 Å². The van der Waals surface area contributed by atoms with E-state index in [9.17, 15) is 4.39 Å². The highest BCUT2D eigenvalue weighted by Crippen LogP contribution is 2.19. The number of hydrogen-bond donors (Lipinski definition) is 2. The third kappa shape index (κ3) is 3.78. The van der Waals surface area contributed by atoms with E-state index in [-0.39, 0.29) is 5.82 Å². The van der Waals surface area contributed by atoms with Crippen LogP contribution in [0.3, 0.4) is 0 Å². The third-order valence-corrected chi connectivity index (χ3v) is 4.24. The molecule has 136 valence electrons. The van der Waals surface area contributed by atoms with Crippen LogP contribution in [0.4, 0.5) is 10.2 Å². The molecule has 7 heteroatoms. The van der Waals surface area contributed by atoms with Gasteiger partial charge in [-0.2, -0.15) is 4.52 Å². The maximum absolute atomic E-state index is 13.2. The Labute approximate surface area is 156 Å². The minimum atomic E-state index is -0.288. The molecule has 2 N–H and O–H groups in total. The summed E-state index contributed by atoms with van der Waals surface area (Å²) in [6, 6.07) is 18.3. The monoisotopic (exact) mass is 362 g/mol. The number of anilines is 1. The number of aromatic nitrogens is 4. The van der Waals surface area contributed by atoms with E-state index in [1.165, 1.54) is 23.3 Å². The van der Waals surface area contributed by atoms with Crippen LogP contribution in [0.25, 0.3) is 17.0 Å². The summed E-state index contributed by atoms with van der Waals surface area (Å²) in [5, 5.41) is 19.3. The largest absolute Gasteiger partial charge is 0.365 e. The van der Waals surface area contributed by atoms with Crippen molar-refractivity contribution in [3.63, 3.8) is 0 Å². The number of halogens is 1. The molecule has 0 atom stereocenters. The first-order valence-corrected chi connectivity index (χ1v) is 8.67. The van der Waals surface area contributed by atoms with Gasteiger partial charge in [-0.1, -0.05) is 24.3 Å². The molecule has 2 heterocycles. The average Bonchev–Trinajstić information content (AvgIpc) is 3.11. The van der Waals surface area contributed by atoms with Gasteiger partial charge in [0.05, 0.1) is 0 Å². The van der Waals surface area contributed by atoms with Gasteiger partial charge in [0, 0.05) is 18.7 Å². The molecule has 0 saturated carbocycles. The van der Waals surface area contributed by atoms with Gasteiger partial charge in [0.1, 0.15) is 11.6 Å². The molecule has 4 rings (SSSR count). The Balaban J connectivity index is 1.54. The number of hydrogen-bond acceptors (Lipinski definition) is 5. The first-order chi connectivity index (χ1) is 13.2. The molecule has 27 heavy (non-hydrogen) atoms. The number of benzene rings is 2. The molecule has 0 spiro atoms. The Hall–Kier alpha value is -3.32. The summed E-state index contributed by atoms with van der Waals surface area (Å²) in [6.45, 7) is 1.51. The molecule has 2 aromatic carbocycles. The summed E-state index contributed by atoms with van der Waals surface area (Å²) in [5.74, 6) is 0.999. The van der Waals surface area contributed by atoms with Crippen LogP contribution in [0, 0.1) is 5.82 Å². The summed E-state index contributed by atoms with van der Waals surface area (Å²) in [5.41, 5.74) is 3.80. The molecule has 0 amide bonds. The van der Waals surface area contributed by atoms with Crippen molar-refractivity contribution in [2.24, 2.45) is 0 Å². The minimum Gasteiger partial charge on any atom is -0.365 e. The Morgan fingerprint density at radius 3 is 2.26 bits per heavy atom. The van der Waals surface area contributed by atoms with Crippen LogP contribution in [0.1, 0.15) is 11.1 Å². The average molecular weight is 362 g/mol. The zero-order valence-electron chi connectivity index (χ0n) is 14.9. The van der Waals surface area contributed by atoms with Gasteiger partial charge >= 0.3 is 0 Å². The van der Waals surface area contributed by atoms with E-state index in [1.807, 2.05) is 19.2 Å². The van der Waals surface area contributed by atoms with Gasteiger partial charge < -0.3 is 10.6 Å². The Kier molecular flexibility index (Phi) is 4.76. The van der Waals surface area contributed by atoms with Crippen LogP contribution < -0.4 is 10.6 Å². The summed E-state index contributed by atoms with van der Waals surface area (Å²) in [7, 11) is 1.93. The molecule has 0 aliphatic rings. The van der Waals surface area contributed by atoms with Crippen molar-refractivity contribution >= 4 is 11.5 Å². The van der Waals surface area contributed by atoms with Crippen LogP contribution in [0.5, 0.6) is 0 Å². The van der Waals surface area contributed by atoms with E-state index < -0.39 is 0 Å². The topological polar surface area (TPSA) is 67.1 Å². The van der Waals surface area contributed by atoms with Crippen LogP contribution in [-0.2, 0) is 13.1 Å². The zero-order valence-corrected chi connectivity index (χ0v) is 14.9. The third-order valence-electron chi connectivity index (χ3n) is 4.24. The van der Waals surface area contributed by atoms with Gasteiger partial charge in [-0.05, 0) is 54.6 Å². The highest BCUT2D eigenvalue weighted by molar-refractivity contribution is 5.59. The first-order valence-electron chi connectivity index (χ1n) is 8.67. The fourth-order valence-electron chi connectivity index (χ4n) is 2.83. The van der Waals surface area contributed by atoms with Crippen LogP contribution in [-0.4, -0.2) is 26.9 Å². The van der Waals surface area contributed by atoms with Crippen molar-refractivity contribution < 1.29 is 4.39 Å². The van der Waals surface area contributed by atoms with Gasteiger partial charge in [-0.25, -0.2) is 4.39 Å². The van der Waals surface area contributed by atoms with Gasteiger partial charge in [0.25, 0.3) is 0 Å². The molecule has 0 fully saturated rings. The predicted octanol–water partition coefficient (Wildman–Crippen LogP) is 3.26. The lowest BCUT2D eigenvalue weighted by Gasteiger charge is -2.08.